The van der Waals surface area contributed by atoms with Crippen molar-refractivity contribution in [2.24, 2.45) is 11.8 Å². The first-order valence-corrected chi connectivity index (χ1v) is 22.2. The Labute approximate surface area is 357 Å². The van der Waals surface area contributed by atoms with E-state index in [2.05, 4.69) is 38.1 Å². The van der Waals surface area contributed by atoms with Crippen molar-refractivity contribution in [1.82, 2.24) is 20.0 Å². The number of ether oxygens (including phenoxy) is 1. The maximum Gasteiger partial charge on any atom is 0.573 e. The third-order valence-corrected chi connectivity index (χ3v) is 14.7. The fourth-order valence-corrected chi connectivity index (χ4v) is 11.5. The first-order chi connectivity index (χ1) is 29.8. The molecule has 4 saturated heterocycles. The van der Waals surface area contributed by atoms with Gasteiger partial charge < -0.3 is 19.9 Å². The van der Waals surface area contributed by atoms with Gasteiger partial charge in [0.2, 0.25) is 11.8 Å². The minimum absolute atomic E-state index is 0.0196. The summed E-state index contributed by atoms with van der Waals surface area (Å²) in [6.07, 6.45) is -3.04. The van der Waals surface area contributed by atoms with E-state index in [9.17, 15) is 35.9 Å². The molecule has 7 nitrogen and oxygen atoms in total. The maximum atomic E-state index is 14.2. The molecule has 0 saturated carbocycles. The lowest BCUT2D eigenvalue weighted by Crippen LogP contribution is -2.45. The zero-order valence-electron chi connectivity index (χ0n) is 34.4. The van der Waals surface area contributed by atoms with Crippen molar-refractivity contribution in [3.05, 3.63) is 112 Å². The van der Waals surface area contributed by atoms with Gasteiger partial charge in [-0.2, -0.15) is 13.2 Å². The maximum absolute atomic E-state index is 14.2. The van der Waals surface area contributed by atoms with Crippen LogP contribution in [-0.4, -0.2) is 72.1 Å². The monoisotopic (exact) mass is 856 g/mol. The van der Waals surface area contributed by atoms with E-state index in [0.29, 0.717) is 61.0 Å². The molecule has 326 valence electrons. The molecule has 2 amide bonds. The quantitative estimate of drug-likeness (QED) is 0.188. The second kappa shape index (κ2) is 16.0. The summed E-state index contributed by atoms with van der Waals surface area (Å²) in [5, 5.41) is 3.34. The summed E-state index contributed by atoms with van der Waals surface area (Å²) in [5.74, 6) is 0.559. The smallest absolute Gasteiger partial charge is 0.405 e. The molecule has 0 radical (unpaired) electrons. The number of amides is 2. The highest BCUT2D eigenvalue weighted by Gasteiger charge is 2.44. The molecule has 1 N–H and O–H groups in total. The number of alkyl halides is 6. The van der Waals surface area contributed by atoms with Crippen LogP contribution >= 0.6 is 0 Å². The van der Waals surface area contributed by atoms with Gasteiger partial charge in [-0.05, 0) is 164 Å². The molecule has 10 rings (SSSR count). The van der Waals surface area contributed by atoms with E-state index < -0.39 is 18.1 Å². The van der Waals surface area contributed by atoms with Gasteiger partial charge in [0.15, 0.2) is 0 Å². The Morgan fingerprint density at radius 3 is 1.63 bits per heavy atom. The number of piperidine rings is 4. The fourth-order valence-electron chi connectivity index (χ4n) is 11.5. The predicted octanol–water partition coefficient (Wildman–Crippen LogP) is 10.4. The first kappa shape index (κ1) is 41.1. The van der Waals surface area contributed by atoms with Crippen molar-refractivity contribution in [3.63, 3.8) is 0 Å². The molecule has 4 aromatic carbocycles. The molecule has 6 aliphatic rings. The number of carbonyl (C=O) groups is 2. The van der Waals surface area contributed by atoms with Crippen molar-refractivity contribution in [3.8, 4) is 28.0 Å². The SMILES string of the molecule is O=C(C1CCN(Cc2ccc(-c3ccc4c(c3)[C@H]3CC4CCN3C(=O)C3CCNCC3)cc2OC(F)(F)F)CC1)N1CC[C@H]2CC1c1cc(-c3ccc(C(F)(F)F)cc3)ccc12. The number of halogens is 6. The molecule has 62 heavy (non-hydrogen) atoms. The summed E-state index contributed by atoms with van der Waals surface area (Å²) >= 11 is 0. The highest BCUT2D eigenvalue weighted by molar-refractivity contribution is 5.81. The molecule has 4 heterocycles. The number of hydrogen-bond acceptors (Lipinski definition) is 5. The van der Waals surface area contributed by atoms with Crippen LogP contribution in [0.5, 0.6) is 5.75 Å². The summed E-state index contributed by atoms with van der Waals surface area (Å²) in [5.41, 5.74) is 7.20. The standard InChI is InChI=1S/C49H50F6N4O3/c50-48(51,52)38-7-3-29(4-8-38)32-5-9-39-35-16-22-59(43(25-35)41(39)23-32)47(61)31-13-19-57(20-14-31)28-37-2-1-34(27-45(37)62-49(53,54)55)33-6-10-40-36-15-21-58(44(26-36)42(40)24-33)46(60)30-11-17-56-18-12-30/h1-10,23-24,27,30-31,35-36,43-44,56H,11-22,25-26,28H2/t35-,36?,43?,44+/m0/s1. The molecule has 0 spiro atoms. The van der Waals surface area contributed by atoms with Gasteiger partial charge in [0, 0.05) is 37.0 Å². The summed E-state index contributed by atoms with van der Waals surface area (Å²) < 4.78 is 86.0. The Morgan fingerprint density at radius 2 is 1.08 bits per heavy atom. The number of hydrogen-bond donors (Lipinski definition) is 1. The number of rotatable bonds is 7. The predicted molar refractivity (Wildman–Crippen MR) is 222 cm³/mol. The largest absolute Gasteiger partial charge is 0.573 e. The Bertz CT molecular complexity index is 2350. The Balaban J connectivity index is 0.814. The first-order valence-electron chi connectivity index (χ1n) is 22.2. The summed E-state index contributed by atoms with van der Waals surface area (Å²) in [6, 6.07) is 22.2. The van der Waals surface area contributed by atoms with Crippen LogP contribution in [0.15, 0.2) is 78.9 Å². The van der Waals surface area contributed by atoms with E-state index in [1.807, 2.05) is 29.2 Å². The van der Waals surface area contributed by atoms with Gasteiger partial charge in [-0.15, -0.1) is 13.2 Å². The van der Waals surface area contributed by atoms with Gasteiger partial charge in [-0.1, -0.05) is 48.5 Å². The number of nitrogens with zero attached hydrogens (tertiary/aromatic N) is 3. The molecule has 4 fully saturated rings. The van der Waals surface area contributed by atoms with Gasteiger partial charge in [0.1, 0.15) is 5.75 Å². The number of benzene rings is 4. The van der Waals surface area contributed by atoms with Crippen LogP contribution in [0.2, 0.25) is 0 Å². The molecular formula is C49H50F6N4O3. The summed E-state index contributed by atoms with van der Waals surface area (Å²) in [7, 11) is 0. The summed E-state index contributed by atoms with van der Waals surface area (Å²) in [4.78, 5) is 34.0. The van der Waals surface area contributed by atoms with Gasteiger partial charge >= 0.3 is 12.5 Å². The van der Waals surface area contributed by atoms with E-state index in [-0.39, 0.29) is 48.0 Å². The topological polar surface area (TPSA) is 65.1 Å². The van der Waals surface area contributed by atoms with E-state index in [0.717, 1.165) is 92.5 Å². The van der Waals surface area contributed by atoms with Crippen molar-refractivity contribution in [2.75, 3.05) is 39.3 Å². The Hall–Kier alpha value is -4.88. The molecular weight excluding hydrogens is 807 g/mol. The molecule has 4 bridgehead atoms. The van der Waals surface area contributed by atoms with Crippen LogP contribution in [-0.2, 0) is 22.3 Å². The normalized spacial score (nSPS) is 24.2. The van der Waals surface area contributed by atoms with Crippen LogP contribution < -0.4 is 10.1 Å². The minimum Gasteiger partial charge on any atom is -0.405 e. The molecule has 0 aromatic heterocycles. The average Bonchev–Trinajstić information content (AvgIpc) is 3.72. The van der Waals surface area contributed by atoms with Crippen LogP contribution in [0.4, 0.5) is 26.3 Å². The molecule has 4 atom stereocenters. The fraction of sp³-hybridized carbons (Fsp3) is 0.469. The second-order valence-electron chi connectivity index (χ2n) is 18.2. The molecule has 4 aliphatic heterocycles. The zero-order chi connectivity index (χ0) is 42.9. The van der Waals surface area contributed by atoms with Crippen LogP contribution in [0.25, 0.3) is 22.3 Å². The minimum atomic E-state index is -4.89. The van der Waals surface area contributed by atoms with E-state index in [1.54, 1.807) is 6.07 Å². The number of likely N-dealkylation sites (tertiary alicyclic amines) is 3. The van der Waals surface area contributed by atoms with Crippen molar-refractivity contribution >= 4 is 11.8 Å². The Morgan fingerprint density at radius 1 is 0.581 bits per heavy atom. The lowest BCUT2D eigenvalue weighted by Gasteiger charge is -2.39. The molecule has 13 heteroatoms. The van der Waals surface area contributed by atoms with Gasteiger partial charge in [-0.3, -0.25) is 14.5 Å². The Kier molecular flexibility index (Phi) is 10.6. The molecule has 2 unspecified atom stereocenters. The van der Waals surface area contributed by atoms with E-state index in [1.165, 1.54) is 29.3 Å². The number of carbonyl (C=O) groups excluding carboxylic acids is 2. The molecule has 4 aromatic rings. The lowest BCUT2D eigenvalue weighted by atomic mass is 9.91. The van der Waals surface area contributed by atoms with Gasteiger partial charge in [0.25, 0.3) is 0 Å². The zero-order valence-corrected chi connectivity index (χ0v) is 34.4. The average molecular weight is 857 g/mol. The highest BCUT2D eigenvalue weighted by Crippen LogP contribution is 2.52. The molecule has 2 aliphatic carbocycles. The van der Waals surface area contributed by atoms with Gasteiger partial charge in [0.05, 0.1) is 17.6 Å². The van der Waals surface area contributed by atoms with Crippen LogP contribution in [0.3, 0.4) is 0 Å². The van der Waals surface area contributed by atoms with Crippen LogP contribution in [0.1, 0.15) is 109 Å². The third-order valence-electron chi connectivity index (χ3n) is 14.7. The lowest BCUT2D eigenvalue weighted by molar-refractivity contribution is -0.275. The van der Waals surface area contributed by atoms with Crippen molar-refractivity contribution < 1.29 is 40.7 Å². The van der Waals surface area contributed by atoms with Crippen molar-refractivity contribution in [1.29, 1.82) is 0 Å². The van der Waals surface area contributed by atoms with Gasteiger partial charge in [-0.25, -0.2) is 0 Å². The highest BCUT2D eigenvalue weighted by atomic mass is 19.4. The number of fused-ring (bicyclic) bond motifs is 10. The summed E-state index contributed by atoms with van der Waals surface area (Å²) in [6.45, 7) is 4.35. The van der Waals surface area contributed by atoms with E-state index >= 15 is 0 Å². The van der Waals surface area contributed by atoms with Crippen LogP contribution in [0, 0.1) is 11.8 Å². The van der Waals surface area contributed by atoms with E-state index in [4.69, 9.17) is 0 Å². The second-order valence-corrected chi connectivity index (χ2v) is 18.2. The van der Waals surface area contributed by atoms with Crippen molar-refractivity contribution in [2.45, 2.75) is 94.4 Å². The number of nitrogens with one attached hydrogen (secondary N) is 1. The third kappa shape index (κ3) is 7.88.